The lowest BCUT2D eigenvalue weighted by Gasteiger charge is -2.22. The Labute approximate surface area is 102 Å². The number of ether oxygens (including phenoxy) is 2. The van der Waals surface area contributed by atoms with Crippen LogP contribution in [0.1, 0.15) is 37.0 Å². The van der Waals surface area contributed by atoms with Crippen LogP contribution in [0.2, 0.25) is 0 Å². The second-order valence-corrected chi connectivity index (χ2v) is 4.65. The van der Waals surface area contributed by atoms with Gasteiger partial charge in [-0.2, -0.15) is 0 Å². The van der Waals surface area contributed by atoms with Crippen LogP contribution in [-0.2, 0) is 11.2 Å². The molecule has 1 N–H and O–H groups in total. The van der Waals surface area contributed by atoms with Gasteiger partial charge in [0.1, 0.15) is 11.9 Å². The largest absolute Gasteiger partial charge is 0.488 e. The van der Waals surface area contributed by atoms with Crippen molar-refractivity contribution in [2.45, 2.75) is 38.4 Å². The van der Waals surface area contributed by atoms with Crippen LogP contribution in [-0.4, -0.2) is 24.9 Å². The van der Waals surface area contributed by atoms with E-state index in [2.05, 4.69) is 0 Å². The molecule has 1 aromatic rings. The van der Waals surface area contributed by atoms with Gasteiger partial charge >= 0.3 is 0 Å². The van der Waals surface area contributed by atoms with Crippen molar-refractivity contribution in [1.82, 2.24) is 0 Å². The second kappa shape index (κ2) is 5.52. The summed E-state index contributed by atoms with van der Waals surface area (Å²) in [5.41, 5.74) is 2.27. The number of methoxy groups -OCH3 is 1. The van der Waals surface area contributed by atoms with E-state index in [1.165, 1.54) is 5.56 Å². The van der Waals surface area contributed by atoms with Gasteiger partial charge in [-0.05, 0) is 49.4 Å². The third kappa shape index (κ3) is 2.99. The van der Waals surface area contributed by atoms with Gasteiger partial charge in [0.2, 0.25) is 0 Å². The first-order valence-electron chi connectivity index (χ1n) is 6.17. The maximum Gasteiger partial charge on any atom is 0.120 e. The van der Waals surface area contributed by atoms with Crippen LogP contribution < -0.4 is 4.74 Å². The summed E-state index contributed by atoms with van der Waals surface area (Å²) in [4.78, 5) is 0. The molecular formula is C14H20O3. The number of benzene rings is 1. The van der Waals surface area contributed by atoms with Gasteiger partial charge in [-0.3, -0.25) is 0 Å². The smallest absolute Gasteiger partial charge is 0.120 e. The van der Waals surface area contributed by atoms with Crippen LogP contribution in [0.3, 0.4) is 0 Å². The molecule has 0 spiro atoms. The Hall–Kier alpha value is -1.06. The van der Waals surface area contributed by atoms with E-state index in [1.54, 1.807) is 7.11 Å². The Morgan fingerprint density at radius 3 is 3.06 bits per heavy atom. The molecule has 0 aliphatic heterocycles. The van der Waals surface area contributed by atoms with Crippen molar-refractivity contribution in [3.05, 3.63) is 29.3 Å². The van der Waals surface area contributed by atoms with E-state index in [0.717, 1.165) is 30.6 Å². The van der Waals surface area contributed by atoms with Gasteiger partial charge in [-0.1, -0.05) is 6.07 Å². The molecule has 0 amide bonds. The van der Waals surface area contributed by atoms with E-state index in [4.69, 9.17) is 9.47 Å². The molecule has 94 valence electrons. The molecule has 1 aromatic carbocycles. The SMILES string of the molecule is COCC(C)Oc1ccc2c(c1)CCCC2O. The van der Waals surface area contributed by atoms with Crippen molar-refractivity contribution in [2.24, 2.45) is 0 Å². The highest BCUT2D eigenvalue weighted by molar-refractivity contribution is 5.38. The fourth-order valence-corrected chi connectivity index (χ4v) is 2.34. The Kier molecular flexibility index (Phi) is 4.02. The zero-order chi connectivity index (χ0) is 12.3. The summed E-state index contributed by atoms with van der Waals surface area (Å²) in [7, 11) is 1.67. The monoisotopic (exact) mass is 236 g/mol. The van der Waals surface area contributed by atoms with Gasteiger partial charge in [0.15, 0.2) is 0 Å². The molecule has 0 radical (unpaired) electrons. The van der Waals surface area contributed by atoms with Gasteiger partial charge in [0, 0.05) is 7.11 Å². The minimum atomic E-state index is -0.302. The Morgan fingerprint density at radius 1 is 1.47 bits per heavy atom. The Bertz CT molecular complexity index is 376. The van der Waals surface area contributed by atoms with Crippen LogP contribution in [0.4, 0.5) is 0 Å². The molecule has 0 heterocycles. The molecule has 2 rings (SSSR count). The summed E-state index contributed by atoms with van der Waals surface area (Å²) in [5.74, 6) is 0.863. The summed E-state index contributed by atoms with van der Waals surface area (Å²) >= 11 is 0. The number of aliphatic hydroxyl groups is 1. The summed E-state index contributed by atoms with van der Waals surface area (Å²) in [6.45, 7) is 2.57. The lowest BCUT2D eigenvalue weighted by atomic mass is 9.89. The van der Waals surface area contributed by atoms with Crippen LogP contribution in [0.25, 0.3) is 0 Å². The number of hydrogen-bond acceptors (Lipinski definition) is 3. The van der Waals surface area contributed by atoms with Crippen molar-refractivity contribution in [3.63, 3.8) is 0 Å². The number of fused-ring (bicyclic) bond motifs is 1. The van der Waals surface area contributed by atoms with Crippen LogP contribution >= 0.6 is 0 Å². The molecular weight excluding hydrogens is 216 g/mol. The van der Waals surface area contributed by atoms with Gasteiger partial charge in [0.25, 0.3) is 0 Å². The van der Waals surface area contributed by atoms with Crippen LogP contribution in [0.5, 0.6) is 5.75 Å². The Morgan fingerprint density at radius 2 is 2.29 bits per heavy atom. The molecule has 3 nitrogen and oxygen atoms in total. The van der Waals surface area contributed by atoms with Crippen LogP contribution in [0.15, 0.2) is 18.2 Å². The highest BCUT2D eigenvalue weighted by atomic mass is 16.5. The first-order valence-corrected chi connectivity index (χ1v) is 6.17. The third-order valence-electron chi connectivity index (χ3n) is 3.14. The second-order valence-electron chi connectivity index (χ2n) is 4.65. The topological polar surface area (TPSA) is 38.7 Å². The van der Waals surface area contributed by atoms with Crippen molar-refractivity contribution in [1.29, 1.82) is 0 Å². The lowest BCUT2D eigenvalue weighted by Crippen LogP contribution is -2.18. The normalized spacial score (nSPS) is 20.8. The van der Waals surface area contributed by atoms with Crippen LogP contribution in [0, 0.1) is 0 Å². The molecule has 0 bridgehead atoms. The van der Waals surface area contributed by atoms with Crippen molar-refractivity contribution in [2.75, 3.05) is 13.7 Å². The minimum Gasteiger partial charge on any atom is -0.488 e. The summed E-state index contributed by atoms with van der Waals surface area (Å²) in [6.07, 6.45) is 2.69. The fraction of sp³-hybridized carbons (Fsp3) is 0.571. The van der Waals surface area contributed by atoms with Gasteiger partial charge < -0.3 is 14.6 Å². The maximum atomic E-state index is 9.86. The minimum absolute atomic E-state index is 0.0477. The zero-order valence-electron chi connectivity index (χ0n) is 10.5. The average molecular weight is 236 g/mol. The predicted octanol–water partition coefficient (Wildman–Crippen LogP) is 2.47. The number of aryl methyl sites for hydroxylation is 1. The average Bonchev–Trinajstić information content (AvgIpc) is 2.29. The van der Waals surface area contributed by atoms with E-state index in [9.17, 15) is 5.11 Å². The molecule has 2 atom stereocenters. The quantitative estimate of drug-likeness (QED) is 0.872. The van der Waals surface area contributed by atoms with E-state index in [1.807, 2.05) is 25.1 Å². The number of aliphatic hydroxyl groups excluding tert-OH is 1. The zero-order valence-corrected chi connectivity index (χ0v) is 10.5. The highest BCUT2D eigenvalue weighted by Gasteiger charge is 2.18. The highest BCUT2D eigenvalue weighted by Crippen LogP contribution is 2.32. The standard InChI is InChI=1S/C14H20O3/c1-10(9-16-2)17-12-6-7-13-11(8-12)4-3-5-14(13)15/h6-8,10,14-15H,3-5,9H2,1-2H3. The van der Waals surface area contributed by atoms with Crippen molar-refractivity contribution < 1.29 is 14.6 Å². The maximum absolute atomic E-state index is 9.86. The number of rotatable bonds is 4. The van der Waals surface area contributed by atoms with Crippen molar-refractivity contribution in [3.8, 4) is 5.75 Å². The number of hydrogen-bond donors (Lipinski definition) is 1. The summed E-state index contributed by atoms with van der Waals surface area (Å²) in [6, 6.07) is 5.96. The first kappa shape index (κ1) is 12.4. The third-order valence-corrected chi connectivity index (χ3v) is 3.14. The summed E-state index contributed by atoms with van der Waals surface area (Å²) in [5, 5.41) is 9.86. The molecule has 0 fully saturated rings. The van der Waals surface area contributed by atoms with Gasteiger partial charge in [0.05, 0.1) is 12.7 Å². The van der Waals surface area contributed by atoms with E-state index < -0.39 is 0 Å². The fourth-order valence-electron chi connectivity index (χ4n) is 2.34. The molecule has 0 saturated carbocycles. The molecule has 3 heteroatoms. The van der Waals surface area contributed by atoms with E-state index in [0.29, 0.717) is 6.61 Å². The molecule has 0 saturated heterocycles. The Balaban J connectivity index is 2.10. The van der Waals surface area contributed by atoms with Gasteiger partial charge in [-0.25, -0.2) is 0 Å². The molecule has 0 aromatic heterocycles. The molecule has 1 aliphatic rings. The first-order chi connectivity index (χ1) is 8.20. The van der Waals surface area contributed by atoms with E-state index >= 15 is 0 Å². The van der Waals surface area contributed by atoms with E-state index in [-0.39, 0.29) is 12.2 Å². The molecule has 17 heavy (non-hydrogen) atoms. The summed E-state index contributed by atoms with van der Waals surface area (Å²) < 4.78 is 10.8. The lowest BCUT2D eigenvalue weighted by molar-refractivity contribution is 0.0918. The van der Waals surface area contributed by atoms with Gasteiger partial charge in [-0.15, -0.1) is 0 Å². The molecule has 2 unspecified atom stereocenters. The predicted molar refractivity (Wildman–Crippen MR) is 66.3 cm³/mol. The van der Waals surface area contributed by atoms with Crippen molar-refractivity contribution >= 4 is 0 Å². The molecule has 1 aliphatic carbocycles.